The molecule has 3 saturated heterocycles. The highest BCUT2D eigenvalue weighted by Crippen LogP contribution is 2.44. The minimum atomic E-state index is -0.850. The average Bonchev–Trinajstić information content (AvgIpc) is 3.40. The van der Waals surface area contributed by atoms with Crippen molar-refractivity contribution in [3.05, 3.63) is 35.4 Å². The lowest BCUT2D eigenvalue weighted by Crippen LogP contribution is -2.67. The molecule has 1 aromatic rings. The Morgan fingerprint density at radius 3 is 2.24 bits per heavy atom. The number of benzene rings is 1. The lowest BCUT2D eigenvalue weighted by Gasteiger charge is -2.51. The predicted octanol–water partition coefficient (Wildman–Crippen LogP) is 6.16. The standard InChI is InChI=1S/C29H47N3O2/c1-21(2)28-20-27(26-17-16-25(30-26)23-12-14-24(15-13-23)29(33)34)31-18-10-8-6-5-7-9-11-19-32(28,31)22(3)4/h12-15,21-22,25-28,30H,5-11,16-20H2,1-4H3/p+1. The molecule has 2 N–H and O–H groups in total. The van der Waals surface area contributed by atoms with E-state index in [2.05, 4.69) is 38.0 Å². The highest BCUT2D eigenvalue weighted by molar-refractivity contribution is 5.87. The number of carboxylic acid groups (broad SMARTS) is 1. The van der Waals surface area contributed by atoms with E-state index in [0.717, 1.165) is 6.42 Å². The Labute approximate surface area is 207 Å². The van der Waals surface area contributed by atoms with Gasteiger partial charge in [-0.25, -0.2) is 9.39 Å². The van der Waals surface area contributed by atoms with Crippen LogP contribution in [0.1, 0.15) is 114 Å². The van der Waals surface area contributed by atoms with Gasteiger partial charge in [0.1, 0.15) is 12.1 Å². The van der Waals surface area contributed by atoms with Gasteiger partial charge in [0, 0.05) is 31.0 Å². The van der Waals surface area contributed by atoms with E-state index >= 15 is 0 Å². The van der Waals surface area contributed by atoms with E-state index in [-0.39, 0.29) is 0 Å². The second-order valence-electron chi connectivity index (χ2n) is 11.8. The molecule has 190 valence electrons. The van der Waals surface area contributed by atoms with Crippen LogP contribution in [0.3, 0.4) is 0 Å². The van der Waals surface area contributed by atoms with Crippen molar-refractivity contribution in [3.8, 4) is 0 Å². The molecule has 0 spiro atoms. The van der Waals surface area contributed by atoms with E-state index in [1.807, 2.05) is 12.1 Å². The minimum Gasteiger partial charge on any atom is -0.478 e. The van der Waals surface area contributed by atoms with Crippen molar-refractivity contribution >= 4 is 5.97 Å². The summed E-state index contributed by atoms with van der Waals surface area (Å²) >= 11 is 0. The largest absolute Gasteiger partial charge is 0.478 e. The van der Waals surface area contributed by atoms with Crippen molar-refractivity contribution in [1.29, 1.82) is 0 Å². The Kier molecular flexibility index (Phi) is 8.37. The van der Waals surface area contributed by atoms with Crippen LogP contribution in [0.25, 0.3) is 0 Å². The fourth-order valence-corrected chi connectivity index (χ4v) is 7.48. The summed E-state index contributed by atoms with van der Waals surface area (Å²) in [5, 5.41) is 16.2. The number of carbonyl (C=O) groups is 1. The Morgan fingerprint density at radius 1 is 0.971 bits per heavy atom. The van der Waals surface area contributed by atoms with Crippen molar-refractivity contribution < 1.29 is 14.5 Å². The highest BCUT2D eigenvalue weighted by atomic mass is 16.4. The lowest BCUT2D eigenvalue weighted by molar-refractivity contribution is -1.06. The zero-order valence-corrected chi connectivity index (χ0v) is 22.0. The molecular formula is C29H48N3O2+. The van der Waals surface area contributed by atoms with E-state index < -0.39 is 5.97 Å². The molecule has 5 unspecified atom stereocenters. The zero-order valence-electron chi connectivity index (χ0n) is 22.0. The molecule has 34 heavy (non-hydrogen) atoms. The maximum Gasteiger partial charge on any atom is 0.335 e. The van der Waals surface area contributed by atoms with Gasteiger partial charge < -0.3 is 10.4 Å². The average molecular weight is 471 g/mol. The predicted molar refractivity (Wildman–Crippen MR) is 139 cm³/mol. The molecule has 1 aromatic carbocycles. The Morgan fingerprint density at radius 2 is 1.62 bits per heavy atom. The first-order valence-electron chi connectivity index (χ1n) is 14.1. The molecule has 0 radical (unpaired) electrons. The quantitative estimate of drug-likeness (QED) is 0.506. The van der Waals surface area contributed by atoms with Crippen LogP contribution < -0.4 is 5.32 Å². The van der Waals surface area contributed by atoms with Crippen LogP contribution in [0.4, 0.5) is 0 Å². The van der Waals surface area contributed by atoms with Gasteiger partial charge >= 0.3 is 5.97 Å². The number of carboxylic acids is 1. The molecular weight excluding hydrogens is 422 g/mol. The van der Waals surface area contributed by atoms with Crippen LogP contribution in [0.15, 0.2) is 24.3 Å². The van der Waals surface area contributed by atoms with E-state index in [0.29, 0.717) is 41.7 Å². The van der Waals surface area contributed by atoms with Crippen molar-refractivity contribution in [2.45, 2.75) is 122 Å². The van der Waals surface area contributed by atoms with Crippen LogP contribution >= 0.6 is 0 Å². The van der Waals surface area contributed by atoms with Gasteiger partial charge in [0.05, 0.1) is 18.2 Å². The molecule has 4 rings (SSSR count). The summed E-state index contributed by atoms with van der Waals surface area (Å²) in [5.74, 6) is -0.169. The van der Waals surface area contributed by atoms with Gasteiger partial charge in [-0.3, -0.25) is 0 Å². The maximum absolute atomic E-state index is 11.3. The molecule has 0 aliphatic carbocycles. The van der Waals surface area contributed by atoms with Gasteiger partial charge in [-0.05, 0) is 63.6 Å². The van der Waals surface area contributed by atoms with E-state index in [4.69, 9.17) is 0 Å². The number of hydrogen-bond acceptors (Lipinski definition) is 3. The summed E-state index contributed by atoms with van der Waals surface area (Å²) in [5.41, 5.74) is 1.60. The van der Waals surface area contributed by atoms with Gasteiger partial charge in [-0.1, -0.05) is 51.7 Å². The summed E-state index contributed by atoms with van der Waals surface area (Å²) in [6, 6.07) is 10.3. The number of fused-ring (bicyclic) bond motifs is 1. The number of rotatable bonds is 5. The second-order valence-corrected chi connectivity index (χ2v) is 11.8. The second kappa shape index (κ2) is 11.1. The lowest BCUT2D eigenvalue weighted by atomic mass is 9.92. The first-order valence-corrected chi connectivity index (χ1v) is 14.1. The SMILES string of the molecule is CC(C)C1CC(C2CCC(c3ccc(C(=O)O)cc3)N2)N2CCCCCCCCC[N+]12C(C)C. The molecule has 5 atom stereocenters. The van der Waals surface area contributed by atoms with Crippen molar-refractivity contribution in [1.82, 2.24) is 10.3 Å². The van der Waals surface area contributed by atoms with Gasteiger partial charge in [0.25, 0.3) is 0 Å². The zero-order chi connectivity index (χ0) is 24.3. The van der Waals surface area contributed by atoms with E-state index in [1.165, 1.54) is 81.0 Å². The molecule has 3 heterocycles. The number of hydrogen-bond donors (Lipinski definition) is 2. The molecule has 3 aliphatic rings. The first-order chi connectivity index (χ1) is 16.3. The topological polar surface area (TPSA) is 52.6 Å². The van der Waals surface area contributed by atoms with Crippen molar-refractivity contribution in [2.75, 3.05) is 13.1 Å². The third-order valence-corrected chi connectivity index (χ3v) is 9.19. The van der Waals surface area contributed by atoms with Gasteiger partial charge in [0.2, 0.25) is 0 Å². The third-order valence-electron chi connectivity index (χ3n) is 9.19. The fourth-order valence-electron chi connectivity index (χ4n) is 7.48. The Bertz CT molecular complexity index is 808. The molecule has 3 fully saturated rings. The molecule has 0 saturated carbocycles. The Hall–Kier alpha value is -1.43. The normalized spacial score (nSPS) is 33.7. The summed E-state index contributed by atoms with van der Waals surface area (Å²) in [7, 11) is 0. The van der Waals surface area contributed by atoms with Gasteiger partial charge in [-0.15, -0.1) is 5.01 Å². The van der Waals surface area contributed by atoms with E-state index in [9.17, 15) is 9.90 Å². The van der Waals surface area contributed by atoms with Crippen molar-refractivity contribution in [2.24, 2.45) is 5.92 Å². The smallest absolute Gasteiger partial charge is 0.335 e. The number of aromatic carboxylic acids is 1. The highest BCUT2D eigenvalue weighted by Gasteiger charge is 2.58. The molecule has 0 amide bonds. The van der Waals surface area contributed by atoms with Crippen molar-refractivity contribution in [3.63, 3.8) is 0 Å². The number of quaternary nitrogens is 1. The molecule has 0 aromatic heterocycles. The summed E-state index contributed by atoms with van der Waals surface area (Å²) in [6.45, 7) is 12.4. The van der Waals surface area contributed by atoms with Crippen LogP contribution in [-0.2, 0) is 0 Å². The molecule has 0 bridgehead atoms. The summed E-state index contributed by atoms with van der Waals surface area (Å²) < 4.78 is 1.19. The minimum absolute atomic E-state index is 0.329. The summed E-state index contributed by atoms with van der Waals surface area (Å²) in [6.07, 6.45) is 13.2. The maximum atomic E-state index is 11.3. The number of nitrogens with zero attached hydrogens (tertiary/aromatic N) is 2. The van der Waals surface area contributed by atoms with Gasteiger partial charge in [-0.2, -0.15) is 0 Å². The molecule has 5 nitrogen and oxygen atoms in total. The molecule has 3 aliphatic heterocycles. The third kappa shape index (κ3) is 5.08. The van der Waals surface area contributed by atoms with E-state index in [1.54, 1.807) is 12.1 Å². The summed E-state index contributed by atoms with van der Waals surface area (Å²) in [4.78, 5) is 11.3. The van der Waals surface area contributed by atoms with Crippen LogP contribution in [0.5, 0.6) is 0 Å². The first kappa shape index (κ1) is 25.7. The fraction of sp³-hybridized carbons (Fsp3) is 0.759. The van der Waals surface area contributed by atoms with Crippen LogP contribution in [0, 0.1) is 5.92 Å². The van der Waals surface area contributed by atoms with Crippen LogP contribution in [0.2, 0.25) is 0 Å². The van der Waals surface area contributed by atoms with Crippen LogP contribution in [-0.4, -0.2) is 57.9 Å². The van der Waals surface area contributed by atoms with Gasteiger partial charge in [0.15, 0.2) is 0 Å². The monoisotopic (exact) mass is 470 g/mol. The number of nitrogens with one attached hydrogen (secondary N) is 1. The Balaban J connectivity index is 1.58. The molecule has 5 heteroatoms.